The first-order chi connectivity index (χ1) is 7.86. The van der Waals surface area contributed by atoms with Crippen molar-refractivity contribution in [2.45, 2.75) is 13.8 Å². The van der Waals surface area contributed by atoms with E-state index in [1.807, 2.05) is 50.3 Å². The van der Waals surface area contributed by atoms with Crippen LogP contribution in [0.4, 0.5) is 0 Å². The van der Waals surface area contributed by atoms with Crippen LogP contribution in [0, 0.1) is 0 Å². The quantitative estimate of drug-likeness (QED) is 0.519. The second kappa shape index (κ2) is 9.66. The Kier molecular flexibility index (Phi) is 8.52. The van der Waals surface area contributed by atoms with Crippen molar-refractivity contribution in [3.8, 4) is 0 Å². The number of hydrogen-bond acceptors (Lipinski definition) is 1. The molecule has 84 valence electrons. The minimum atomic E-state index is 0.809. The zero-order valence-electron chi connectivity index (χ0n) is 10.1. The van der Waals surface area contributed by atoms with Gasteiger partial charge in [0, 0.05) is 6.21 Å². The Bertz CT molecular complexity index is 358. The lowest BCUT2D eigenvalue weighted by atomic mass is 10.2. The third kappa shape index (κ3) is 5.76. The van der Waals surface area contributed by atoms with E-state index in [1.165, 1.54) is 0 Å². The zero-order chi connectivity index (χ0) is 12.2. The largest absolute Gasteiger partial charge is 0.256 e. The van der Waals surface area contributed by atoms with Gasteiger partial charge in [-0.05, 0) is 17.7 Å². The first-order valence-corrected chi connectivity index (χ1v) is 5.41. The Labute approximate surface area is 98.5 Å². The molecule has 0 saturated heterocycles. The van der Waals surface area contributed by atoms with Gasteiger partial charge in [-0.3, -0.25) is 4.99 Å². The molecule has 0 aromatic heterocycles. The Morgan fingerprint density at radius 1 is 1.12 bits per heavy atom. The van der Waals surface area contributed by atoms with Crippen molar-refractivity contribution in [3.63, 3.8) is 0 Å². The van der Waals surface area contributed by atoms with E-state index in [0.29, 0.717) is 0 Å². The maximum atomic E-state index is 4.25. The molecule has 0 radical (unpaired) electrons. The van der Waals surface area contributed by atoms with Gasteiger partial charge in [0.15, 0.2) is 0 Å². The molecular weight excluding hydrogens is 194 g/mol. The van der Waals surface area contributed by atoms with Gasteiger partial charge >= 0.3 is 0 Å². The molecule has 0 heterocycles. The van der Waals surface area contributed by atoms with Crippen LogP contribution in [0.5, 0.6) is 0 Å². The molecule has 0 aliphatic rings. The van der Waals surface area contributed by atoms with Crippen LogP contribution in [0.1, 0.15) is 19.4 Å². The molecule has 1 aromatic rings. The molecule has 0 bridgehead atoms. The van der Waals surface area contributed by atoms with Crippen LogP contribution >= 0.6 is 0 Å². The maximum absolute atomic E-state index is 4.25. The minimum Gasteiger partial charge on any atom is -0.256 e. The fourth-order valence-electron chi connectivity index (χ4n) is 0.973. The van der Waals surface area contributed by atoms with Crippen LogP contribution in [-0.2, 0) is 0 Å². The highest BCUT2D eigenvalue weighted by Crippen LogP contribution is 2.00. The third-order valence-corrected chi connectivity index (χ3v) is 1.66. The number of allylic oxidation sites excluding steroid dienone is 3. The highest BCUT2D eigenvalue weighted by molar-refractivity contribution is 5.80. The molecule has 1 nitrogen and oxygen atoms in total. The van der Waals surface area contributed by atoms with Crippen molar-refractivity contribution in [2.24, 2.45) is 4.99 Å². The van der Waals surface area contributed by atoms with Crippen LogP contribution in [0.15, 0.2) is 72.4 Å². The van der Waals surface area contributed by atoms with E-state index >= 15 is 0 Å². The lowest BCUT2D eigenvalue weighted by Crippen LogP contribution is -1.79. The van der Waals surface area contributed by atoms with E-state index in [9.17, 15) is 0 Å². The van der Waals surface area contributed by atoms with Gasteiger partial charge in [0.2, 0.25) is 0 Å². The number of nitrogens with zero attached hydrogens (tertiary/aromatic N) is 1. The fourth-order valence-corrected chi connectivity index (χ4v) is 0.973. The molecule has 1 rings (SSSR count). The van der Waals surface area contributed by atoms with E-state index in [4.69, 9.17) is 0 Å². The van der Waals surface area contributed by atoms with Gasteiger partial charge in [0.05, 0.1) is 5.70 Å². The van der Waals surface area contributed by atoms with E-state index in [0.717, 1.165) is 11.3 Å². The molecule has 0 saturated carbocycles. The fraction of sp³-hybridized carbons (Fsp3) is 0.133. The second-order valence-electron chi connectivity index (χ2n) is 2.70. The maximum Gasteiger partial charge on any atom is 0.0623 e. The van der Waals surface area contributed by atoms with Crippen molar-refractivity contribution >= 4 is 6.21 Å². The van der Waals surface area contributed by atoms with Crippen molar-refractivity contribution < 1.29 is 0 Å². The lowest BCUT2D eigenvalue weighted by Gasteiger charge is -1.92. The molecule has 0 atom stereocenters. The summed E-state index contributed by atoms with van der Waals surface area (Å²) in [6.45, 7) is 11.3. The summed E-state index contributed by atoms with van der Waals surface area (Å²) in [5, 5.41) is 0. The van der Waals surface area contributed by atoms with Gasteiger partial charge in [0.25, 0.3) is 0 Å². The molecule has 0 N–H and O–H groups in total. The van der Waals surface area contributed by atoms with Gasteiger partial charge < -0.3 is 0 Å². The number of aliphatic imine (C=N–C) groups is 1. The number of rotatable bonds is 4. The van der Waals surface area contributed by atoms with E-state index in [1.54, 1.807) is 18.4 Å². The predicted molar refractivity (Wildman–Crippen MR) is 73.9 cm³/mol. The number of hydrogen-bond donors (Lipinski definition) is 0. The van der Waals surface area contributed by atoms with Gasteiger partial charge in [-0.25, -0.2) is 0 Å². The van der Waals surface area contributed by atoms with Crippen molar-refractivity contribution in [1.82, 2.24) is 0 Å². The SMILES string of the molecule is C=C/C=C(\C=C)N=Cc1ccccc1.CC. The second-order valence-corrected chi connectivity index (χ2v) is 2.70. The number of benzene rings is 1. The third-order valence-electron chi connectivity index (χ3n) is 1.66. The van der Waals surface area contributed by atoms with Crippen molar-refractivity contribution in [2.75, 3.05) is 0 Å². The summed E-state index contributed by atoms with van der Waals surface area (Å²) in [4.78, 5) is 4.25. The zero-order valence-corrected chi connectivity index (χ0v) is 10.1. The first-order valence-electron chi connectivity index (χ1n) is 5.41. The molecule has 0 fully saturated rings. The monoisotopic (exact) mass is 213 g/mol. The summed E-state index contributed by atoms with van der Waals surface area (Å²) < 4.78 is 0. The summed E-state index contributed by atoms with van der Waals surface area (Å²) in [6, 6.07) is 9.93. The van der Waals surface area contributed by atoms with Crippen LogP contribution in [0.3, 0.4) is 0 Å². The van der Waals surface area contributed by atoms with Crippen LogP contribution in [0.25, 0.3) is 0 Å². The summed E-state index contributed by atoms with van der Waals surface area (Å²) in [7, 11) is 0. The molecule has 16 heavy (non-hydrogen) atoms. The highest BCUT2D eigenvalue weighted by Gasteiger charge is 1.85. The van der Waals surface area contributed by atoms with Gasteiger partial charge in [-0.2, -0.15) is 0 Å². The molecule has 0 aliphatic carbocycles. The van der Waals surface area contributed by atoms with Gasteiger partial charge in [-0.1, -0.05) is 63.4 Å². The minimum absolute atomic E-state index is 0.809. The van der Waals surface area contributed by atoms with E-state index in [2.05, 4.69) is 18.2 Å². The Hall–Kier alpha value is -1.89. The van der Waals surface area contributed by atoms with Crippen LogP contribution < -0.4 is 0 Å². The first kappa shape index (κ1) is 14.1. The summed E-state index contributed by atoms with van der Waals surface area (Å²) in [5.41, 5.74) is 1.88. The molecular formula is C15H19N. The van der Waals surface area contributed by atoms with Crippen LogP contribution in [0.2, 0.25) is 0 Å². The van der Waals surface area contributed by atoms with Crippen molar-refractivity contribution in [1.29, 1.82) is 0 Å². The van der Waals surface area contributed by atoms with Crippen LogP contribution in [-0.4, -0.2) is 6.21 Å². The smallest absolute Gasteiger partial charge is 0.0623 e. The summed E-state index contributed by atoms with van der Waals surface area (Å²) in [6.07, 6.45) is 7.00. The Morgan fingerprint density at radius 2 is 1.75 bits per heavy atom. The van der Waals surface area contributed by atoms with Gasteiger partial charge in [-0.15, -0.1) is 0 Å². The Morgan fingerprint density at radius 3 is 2.25 bits per heavy atom. The molecule has 1 heteroatoms. The molecule has 1 aromatic carbocycles. The molecule has 0 amide bonds. The highest BCUT2D eigenvalue weighted by atomic mass is 14.7. The standard InChI is InChI=1S/C13H13N.C2H6/c1-3-8-13(4-2)14-11-12-9-6-5-7-10-12;1-2/h3-11H,1-2H2;1-2H3/b13-8+,14-11?;. The Balaban J connectivity index is 0.00000106. The normalized spacial score (nSPS) is 10.5. The molecule has 0 spiro atoms. The van der Waals surface area contributed by atoms with Gasteiger partial charge in [0.1, 0.15) is 0 Å². The van der Waals surface area contributed by atoms with E-state index in [-0.39, 0.29) is 0 Å². The van der Waals surface area contributed by atoms with Crippen molar-refractivity contribution in [3.05, 3.63) is 73.0 Å². The lowest BCUT2D eigenvalue weighted by molar-refractivity contribution is 1.43. The average Bonchev–Trinajstić information content (AvgIpc) is 2.38. The average molecular weight is 213 g/mol. The summed E-state index contributed by atoms with van der Waals surface area (Å²) >= 11 is 0. The predicted octanol–water partition coefficient (Wildman–Crippen LogP) is 4.39. The molecule has 0 unspecified atom stereocenters. The molecule has 0 aliphatic heterocycles. The van der Waals surface area contributed by atoms with E-state index < -0.39 is 0 Å². The topological polar surface area (TPSA) is 12.4 Å². The summed E-state index contributed by atoms with van der Waals surface area (Å²) in [5.74, 6) is 0.